The first-order valence-electron chi connectivity index (χ1n) is 9.40. The van der Waals surface area contributed by atoms with Gasteiger partial charge in [0.1, 0.15) is 17.2 Å². The predicted molar refractivity (Wildman–Crippen MR) is 102 cm³/mol. The Kier molecular flexibility index (Phi) is 5.21. The third-order valence-electron chi connectivity index (χ3n) is 5.01. The lowest BCUT2D eigenvalue weighted by molar-refractivity contribution is 0.0869. The number of benzene rings is 1. The first-order chi connectivity index (χ1) is 13.6. The number of aromatic nitrogens is 3. The molecule has 4 rings (SSSR count). The molecule has 1 aromatic carbocycles. The number of nitrogens with zero attached hydrogens (tertiary/aromatic N) is 3. The number of amides is 1. The Bertz CT molecular complexity index is 982. The minimum atomic E-state index is -0.285. The lowest BCUT2D eigenvalue weighted by Gasteiger charge is -2.25. The Balaban J connectivity index is 1.47. The molecule has 146 valence electrons. The highest BCUT2D eigenvalue weighted by molar-refractivity contribution is 5.99. The van der Waals surface area contributed by atoms with Crippen LogP contribution in [0, 0.1) is 5.82 Å². The molecule has 1 aliphatic rings. The van der Waals surface area contributed by atoms with Crippen molar-refractivity contribution in [1.82, 2.24) is 19.9 Å². The van der Waals surface area contributed by atoms with Crippen molar-refractivity contribution in [3.05, 3.63) is 59.7 Å². The molecular weight excluding hydrogens is 361 g/mol. The smallest absolute Gasteiger partial charge is 0.256 e. The molecule has 0 atom stereocenters. The van der Waals surface area contributed by atoms with Gasteiger partial charge in [-0.15, -0.1) is 0 Å². The SMILES string of the molecule is O=C(NC1CCC(O)CC1)c1cnn2ccc(NCc3cccc(F)c3)nc12. The molecule has 1 fully saturated rings. The highest BCUT2D eigenvalue weighted by atomic mass is 19.1. The number of hydrogen-bond donors (Lipinski definition) is 3. The molecule has 1 aliphatic carbocycles. The number of rotatable bonds is 5. The number of fused-ring (bicyclic) bond motifs is 1. The average molecular weight is 383 g/mol. The first kappa shape index (κ1) is 18.4. The molecule has 0 aliphatic heterocycles. The van der Waals surface area contributed by atoms with Crippen molar-refractivity contribution in [3.63, 3.8) is 0 Å². The van der Waals surface area contributed by atoms with Crippen LogP contribution in [0.2, 0.25) is 0 Å². The molecule has 3 N–H and O–H groups in total. The maximum absolute atomic E-state index is 13.3. The Morgan fingerprint density at radius 3 is 2.86 bits per heavy atom. The van der Waals surface area contributed by atoms with Gasteiger partial charge in [0.15, 0.2) is 5.65 Å². The number of hydrogen-bond acceptors (Lipinski definition) is 5. The third-order valence-corrected chi connectivity index (χ3v) is 5.01. The summed E-state index contributed by atoms with van der Waals surface area (Å²) >= 11 is 0. The lowest BCUT2D eigenvalue weighted by Crippen LogP contribution is -2.38. The van der Waals surface area contributed by atoms with E-state index in [9.17, 15) is 14.3 Å². The largest absolute Gasteiger partial charge is 0.393 e. The van der Waals surface area contributed by atoms with Gasteiger partial charge in [-0.2, -0.15) is 5.10 Å². The summed E-state index contributed by atoms with van der Waals surface area (Å²) < 4.78 is 14.9. The molecule has 7 nitrogen and oxygen atoms in total. The van der Waals surface area contributed by atoms with Gasteiger partial charge in [-0.25, -0.2) is 13.9 Å². The monoisotopic (exact) mass is 383 g/mol. The van der Waals surface area contributed by atoms with Crippen LogP contribution >= 0.6 is 0 Å². The number of aliphatic hydroxyl groups excluding tert-OH is 1. The first-order valence-corrected chi connectivity index (χ1v) is 9.40. The Hall–Kier alpha value is -3.00. The van der Waals surface area contributed by atoms with Crippen molar-refractivity contribution in [2.24, 2.45) is 0 Å². The van der Waals surface area contributed by atoms with Gasteiger partial charge in [0.2, 0.25) is 0 Å². The Morgan fingerprint density at radius 2 is 2.07 bits per heavy atom. The van der Waals surface area contributed by atoms with E-state index >= 15 is 0 Å². The van der Waals surface area contributed by atoms with Crippen molar-refractivity contribution in [2.45, 2.75) is 44.4 Å². The molecule has 0 spiro atoms. The summed E-state index contributed by atoms with van der Waals surface area (Å²) in [6.45, 7) is 0.418. The zero-order valence-electron chi connectivity index (χ0n) is 15.3. The number of aliphatic hydroxyl groups is 1. The van der Waals surface area contributed by atoms with Crippen molar-refractivity contribution in [3.8, 4) is 0 Å². The fourth-order valence-corrected chi connectivity index (χ4v) is 3.45. The summed E-state index contributed by atoms with van der Waals surface area (Å²) in [5.74, 6) is 0.0750. The molecule has 28 heavy (non-hydrogen) atoms. The summed E-state index contributed by atoms with van der Waals surface area (Å²) in [4.78, 5) is 17.2. The second kappa shape index (κ2) is 7.93. The third kappa shape index (κ3) is 4.12. The quantitative estimate of drug-likeness (QED) is 0.630. The molecule has 1 amide bonds. The van der Waals surface area contributed by atoms with E-state index in [0.717, 1.165) is 18.4 Å². The van der Waals surface area contributed by atoms with Crippen molar-refractivity contribution < 1.29 is 14.3 Å². The van der Waals surface area contributed by atoms with Gasteiger partial charge in [0.25, 0.3) is 5.91 Å². The summed E-state index contributed by atoms with van der Waals surface area (Å²) in [6.07, 6.45) is 5.90. The lowest BCUT2D eigenvalue weighted by atomic mass is 9.93. The normalized spacial score (nSPS) is 19.5. The van der Waals surface area contributed by atoms with Crippen LogP contribution in [0.15, 0.2) is 42.7 Å². The Labute approximate surface area is 161 Å². The molecular formula is C20H22FN5O2. The van der Waals surface area contributed by atoms with Gasteiger partial charge < -0.3 is 15.7 Å². The number of nitrogens with one attached hydrogen (secondary N) is 2. The zero-order chi connectivity index (χ0) is 19.5. The highest BCUT2D eigenvalue weighted by Gasteiger charge is 2.23. The van der Waals surface area contributed by atoms with Gasteiger partial charge >= 0.3 is 0 Å². The summed E-state index contributed by atoms with van der Waals surface area (Å²) in [5.41, 5.74) is 1.66. The van der Waals surface area contributed by atoms with Crippen molar-refractivity contribution in [1.29, 1.82) is 0 Å². The van der Waals surface area contributed by atoms with Gasteiger partial charge in [-0.1, -0.05) is 12.1 Å². The summed E-state index contributed by atoms with van der Waals surface area (Å²) in [6, 6.07) is 8.16. The van der Waals surface area contributed by atoms with Gasteiger partial charge in [0, 0.05) is 18.8 Å². The van der Waals surface area contributed by atoms with E-state index in [2.05, 4.69) is 20.7 Å². The van der Waals surface area contributed by atoms with E-state index in [4.69, 9.17) is 0 Å². The van der Waals surface area contributed by atoms with Crippen LogP contribution < -0.4 is 10.6 Å². The maximum atomic E-state index is 13.3. The van der Waals surface area contributed by atoms with Gasteiger partial charge in [-0.05, 0) is 49.4 Å². The molecule has 8 heteroatoms. The van der Waals surface area contributed by atoms with Crippen LogP contribution in [-0.2, 0) is 6.54 Å². The minimum Gasteiger partial charge on any atom is -0.393 e. The van der Waals surface area contributed by atoms with Crippen LogP contribution in [0.4, 0.5) is 10.2 Å². The minimum absolute atomic E-state index is 0.0557. The fraction of sp³-hybridized carbons (Fsp3) is 0.350. The number of carbonyl (C=O) groups is 1. The molecule has 0 unspecified atom stereocenters. The van der Waals surface area contributed by atoms with Gasteiger partial charge in [-0.3, -0.25) is 4.79 Å². The average Bonchev–Trinajstić information content (AvgIpc) is 3.11. The van der Waals surface area contributed by atoms with Crippen LogP contribution in [-0.4, -0.2) is 37.8 Å². The van der Waals surface area contributed by atoms with E-state index in [-0.39, 0.29) is 23.9 Å². The van der Waals surface area contributed by atoms with Crippen molar-refractivity contribution in [2.75, 3.05) is 5.32 Å². The molecule has 3 aromatic rings. The second-order valence-corrected chi connectivity index (χ2v) is 7.10. The summed E-state index contributed by atoms with van der Waals surface area (Å²) in [5, 5.41) is 19.9. The molecule has 1 saturated carbocycles. The standard InChI is InChI=1S/C20H22FN5O2/c21-14-3-1-2-13(10-14)11-22-18-8-9-26-19(25-18)17(12-23-26)20(28)24-15-4-6-16(27)7-5-15/h1-3,8-10,12,15-16,27H,4-7,11H2,(H,22,25)(H,24,28). The van der Waals surface area contributed by atoms with Gasteiger partial charge in [0.05, 0.1) is 12.3 Å². The predicted octanol–water partition coefficient (Wildman–Crippen LogP) is 2.51. The van der Waals surface area contributed by atoms with E-state index < -0.39 is 0 Å². The van der Waals surface area contributed by atoms with Crippen LogP contribution in [0.5, 0.6) is 0 Å². The van der Waals surface area contributed by atoms with Crippen molar-refractivity contribution >= 4 is 17.4 Å². The number of halogens is 1. The molecule has 2 heterocycles. The second-order valence-electron chi connectivity index (χ2n) is 7.10. The van der Waals surface area contributed by atoms with E-state index in [1.807, 2.05) is 6.07 Å². The molecule has 2 aromatic heterocycles. The van der Waals surface area contributed by atoms with E-state index in [0.29, 0.717) is 36.4 Å². The van der Waals surface area contributed by atoms with E-state index in [1.54, 1.807) is 22.8 Å². The Morgan fingerprint density at radius 1 is 1.25 bits per heavy atom. The summed E-state index contributed by atoms with van der Waals surface area (Å²) in [7, 11) is 0. The van der Waals surface area contributed by atoms with E-state index in [1.165, 1.54) is 18.3 Å². The highest BCUT2D eigenvalue weighted by Crippen LogP contribution is 2.19. The number of anilines is 1. The van der Waals surface area contributed by atoms with Crippen LogP contribution in [0.1, 0.15) is 41.6 Å². The molecule has 0 bridgehead atoms. The number of carbonyl (C=O) groups excluding carboxylic acids is 1. The molecule has 0 radical (unpaired) electrons. The fourth-order valence-electron chi connectivity index (χ4n) is 3.45. The topological polar surface area (TPSA) is 91.5 Å². The van der Waals surface area contributed by atoms with Crippen LogP contribution in [0.25, 0.3) is 5.65 Å². The maximum Gasteiger partial charge on any atom is 0.256 e. The van der Waals surface area contributed by atoms with Crippen LogP contribution in [0.3, 0.4) is 0 Å². The zero-order valence-corrected chi connectivity index (χ0v) is 15.3. The molecule has 0 saturated heterocycles.